The van der Waals surface area contributed by atoms with Gasteiger partial charge in [-0.05, 0) is 33.1 Å². The van der Waals surface area contributed by atoms with Crippen molar-refractivity contribution in [3.63, 3.8) is 0 Å². The molecule has 2 atom stereocenters. The van der Waals surface area contributed by atoms with Gasteiger partial charge in [0, 0.05) is 20.1 Å². The summed E-state index contributed by atoms with van der Waals surface area (Å²) >= 11 is 0. The molecule has 0 aromatic heterocycles. The van der Waals surface area contributed by atoms with Crippen LogP contribution in [0.3, 0.4) is 0 Å². The van der Waals surface area contributed by atoms with Gasteiger partial charge in [-0.1, -0.05) is 13.8 Å². The highest BCUT2D eigenvalue weighted by Crippen LogP contribution is 2.22. The number of amides is 2. The Labute approximate surface area is 137 Å². The molecule has 1 heterocycles. The molecule has 0 unspecified atom stereocenters. The molecule has 0 radical (unpaired) electrons. The molecule has 0 bridgehead atoms. The molecule has 0 aromatic carbocycles. The van der Waals surface area contributed by atoms with Crippen LogP contribution in [-0.2, 0) is 14.3 Å². The Bertz CT molecular complexity index is 470. The van der Waals surface area contributed by atoms with Crippen molar-refractivity contribution in [1.82, 2.24) is 9.80 Å². The normalized spacial score (nSPS) is 19.6. The van der Waals surface area contributed by atoms with Crippen LogP contribution >= 0.6 is 0 Å². The highest BCUT2D eigenvalue weighted by molar-refractivity contribution is 5.86. The predicted molar refractivity (Wildman–Crippen MR) is 84.9 cm³/mol. The number of hydrogen-bond acceptors (Lipinski definition) is 4. The van der Waals surface area contributed by atoms with Gasteiger partial charge in [-0.15, -0.1) is 0 Å². The average Bonchev–Trinajstić information content (AvgIpc) is 2.84. The van der Waals surface area contributed by atoms with E-state index in [0.717, 1.165) is 0 Å². The van der Waals surface area contributed by atoms with Gasteiger partial charge in [0.25, 0.3) is 0 Å². The maximum absolute atomic E-state index is 12.6. The summed E-state index contributed by atoms with van der Waals surface area (Å²) in [6.45, 7) is 9.59. The molecule has 0 aliphatic carbocycles. The fourth-order valence-electron chi connectivity index (χ4n) is 2.80. The van der Waals surface area contributed by atoms with Crippen molar-refractivity contribution in [2.75, 3.05) is 20.1 Å². The van der Waals surface area contributed by atoms with Crippen LogP contribution in [0.5, 0.6) is 0 Å². The number of carboxylic acid groups (broad SMARTS) is 1. The first kappa shape index (κ1) is 19.3. The van der Waals surface area contributed by atoms with Crippen LogP contribution in [0.25, 0.3) is 0 Å². The van der Waals surface area contributed by atoms with E-state index in [9.17, 15) is 14.4 Å². The highest BCUT2D eigenvalue weighted by atomic mass is 16.6. The number of esters is 1. The van der Waals surface area contributed by atoms with Gasteiger partial charge in [0.2, 0.25) is 5.91 Å². The largest absolute Gasteiger partial charge is 0.465 e. The third kappa shape index (κ3) is 5.11. The van der Waals surface area contributed by atoms with Crippen molar-refractivity contribution in [3.05, 3.63) is 0 Å². The minimum Gasteiger partial charge on any atom is -0.465 e. The molecule has 2 amide bonds. The smallest absolute Gasteiger partial charge is 0.407 e. The molecule has 23 heavy (non-hydrogen) atoms. The number of carbonyl (C=O) groups is 3. The van der Waals surface area contributed by atoms with E-state index < -0.39 is 29.6 Å². The zero-order valence-corrected chi connectivity index (χ0v) is 14.8. The van der Waals surface area contributed by atoms with Gasteiger partial charge in [-0.3, -0.25) is 4.79 Å². The molecular formula is C16H28N2O5. The number of nitrogens with zero attached hydrogens (tertiary/aromatic N) is 2. The molecule has 132 valence electrons. The van der Waals surface area contributed by atoms with Crippen LogP contribution in [-0.4, -0.2) is 64.7 Å². The molecule has 0 spiro atoms. The molecular weight excluding hydrogens is 300 g/mol. The van der Waals surface area contributed by atoms with Gasteiger partial charge in [-0.25, -0.2) is 9.59 Å². The SMILES string of the molecule is CC(C)[C@@H](C(=O)OC(C)(C)C)N(C)C(=O)[C@H]1CCN(C(=O)O)C1. The molecule has 1 saturated heterocycles. The van der Waals surface area contributed by atoms with Crippen molar-refractivity contribution in [2.45, 2.75) is 52.7 Å². The zero-order chi connectivity index (χ0) is 17.9. The zero-order valence-electron chi connectivity index (χ0n) is 14.8. The minimum atomic E-state index is -1.02. The van der Waals surface area contributed by atoms with E-state index in [0.29, 0.717) is 13.0 Å². The fourth-order valence-corrected chi connectivity index (χ4v) is 2.80. The van der Waals surface area contributed by atoms with Crippen LogP contribution in [0.15, 0.2) is 0 Å². The van der Waals surface area contributed by atoms with Crippen LogP contribution in [0.2, 0.25) is 0 Å². The molecule has 1 rings (SSSR count). The van der Waals surface area contributed by atoms with E-state index in [1.165, 1.54) is 9.80 Å². The van der Waals surface area contributed by atoms with Crippen LogP contribution in [0.1, 0.15) is 41.0 Å². The van der Waals surface area contributed by atoms with E-state index in [4.69, 9.17) is 9.84 Å². The quantitative estimate of drug-likeness (QED) is 0.795. The van der Waals surface area contributed by atoms with Gasteiger partial charge >= 0.3 is 12.1 Å². The number of hydrogen-bond donors (Lipinski definition) is 1. The molecule has 1 aliphatic rings. The Kier molecular flexibility index (Phi) is 6.02. The Morgan fingerprint density at radius 2 is 1.83 bits per heavy atom. The second kappa shape index (κ2) is 7.19. The van der Waals surface area contributed by atoms with E-state index in [2.05, 4.69) is 0 Å². The summed E-state index contributed by atoms with van der Waals surface area (Å²) in [5, 5.41) is 8.99. The second-order valence-corrected chi connectivity index (χ2v) is 7.39. The number of likely N-dealkylation sites (tertiary alicyclic amines) is 1. The van der Waals surface area contributed by atoms with Crippen molar-refractivity contribution >= 4 is 18.0 Å². The summed E-state index contributed by atoms with van der Waals surface area (Å²) in [4.78, 5) is 38.7. The van der Waals surface area contributed by atoms with Crippen molar-refractivity contribution < 1.29 is 24.2 Å². The summed E-state index contributed by atoms with van der Waals surface area (Å²) in [7, 11) is 1.58. The maximum Gasteiger partial charge on any atom is 0.407 e. The molecule has 0 saturated carbocycles. The lowest BCUT2D eigenvalue weighted by molar-refractivity contribution is -0.166. The molecule has 1 fully saturated rings. The highest BCUT2D eigenvalue weighted by Gasteiger charge is 2.38. The first-order valence-electron chi connectivity index (χ1n) is 7.91. The first-order chi connectivity index (χ1) is 10.4. The van der Waals surface area contributed by atoms with Crippen LogP contribution < -0.4 is 0 Å². The summed E-state index contributed by atoms with van der Waals surface area (Å²) in [6, 6.07) is -0.680. The van der Waals surface area contributed by atoms with E-state index in [-0.39, 0.29) is 18.4 Å². The van der Waals surface area contributed by atoms with Crippen molar-refractivity contribution in [3.8, 4) is 0 Å². The lowest BCUT2D eigenvalue weighted by atomic mass is 9.99. The van der Waals surface area contributed by atoms with E-state index in [1.807, 2.05) is 13.8 Å². The maximum atomic E-state index is 12.6. The molecule has 0 aromatic rings. The van der Waals surface area contributed by atoms with Gasteiger partial charge in [-0.2, -0.15) is 0 Å². The van der Waals surface area contributed by atoms with Gasteiger partial charge in [0.15, 0.2) is 0 Å². The predicted octanol–water partition coefficient (Wildman–Crippen LogP) is 1.81. The second-order valence-electron chi connectivity index (χ2n) is 7.39. The topological polar surface area (TPSA) is 87.2 Å². The fraction of sp³-hybridized carbons (Fsp3) is 0.812. The lowest BCUT2D eigenvalue weighted by Crippen LogP contribution is -2.50. The Morgan fingerprint density at radius 1 is 1.26 bits per heavy atom. The average molecular weight is 328 g/mol. The number of likely N-dealkylation sites (N-methyl/N-ethyl adjacent to an activating group) is 1. The monoisotopic (exact) mass is 328 g/mol. The van der Waals surface area contributed by atoms with Gasteiger partial charge in [0.05, 0.1) is 5.92 Å². The molecule has 1 N–H and O–H groups in total. The van der Waals surface area contributed by atoms with Gasteiger partial charge < -0.3 is 19.6 Å². The number of ether oxygens (including phenoxy) is 1. The summed E-state index contributed by atoms with van der Waals surface area (Å²) in [5.74, 6) is -1.15. The Morgan fingerprint density at radius 3 is 2.22 bits per heavy atom. The Balaban J connectivity index is 2.82. The third-order valence-corrected chi connectivity index (χ3v) is 3.85. The van der Waals surface area contributed by atoms with Gasteiger partial charge in [0.1, 0.15) is 11.6 Å². The summed E-state index contributed by atoms with van der Waals surface area (Å²) in [6.07, 6.45) is -0.537. The molecule has 1 aliphatic heterocycles. The third-order valence-electron chi connectivity index (χ3n) is 3.85. The minimum absolute atomic E-state index is 0.101. The lowest BCUT2D eigenvalue weighted by Gasteiger charge is -2.33. The van der Waals surface area contributed by atoms with Crippen LogP contribution in [0.4, 0.5) is 4.79 Å². The van der Waals surface area contributed by atoms with Crippen molar-refractivity contribution in [2.24, 2.45) is 11.8 Å². The van der Waals surface area contributed by atoms with Crippen LogP contribution in [0, 0.1) is 11.8 Å². The standard InChI is InChI=1S/C16H28N2O5/c1-10(2)12(14(20)23-16(3,4)5)17(6)13(19)11-7-8-18(9-11)15(21)22/h10-12H,7-9H2,1-6H3,(H,21,22)/t11-,12-/m0/s1. The number of carbonyl (C=O) groups excluding carboxylic acids is 2. The van der Waals surface area contributed by atoms with Crippen molar-refractivity contribution in [1.29, 1.82) is 0 Å². The summed E-state index contributed by atoms with van der Waals surface area (Å²) in [5.41, 5.74) is -0.623. The number of rotatable bonds is 4. The van der Waals surface area contributed by atoms with E-state index in [1.54, 1.807) is 27.8 Å². The first-order valence-corrected chi connectivity index (χ1v) is 7.91. The molecule has 7 heteroatoms. The molecule has 7 nitrogen and oxygen atoms in total. The van der Waals surface area contributed by atoms with E-state index >= 15 is 0 Å². The summed E-state index contributed by atoms with van der Waals surface area (Å²) < 4.78 is 5.42. The Hall–Kier alpha value is -1.79.